The molecule has 2 N–H and O–H groups in total. The second kappa shape index (κ2) is 5.81. The fourth-order valence-corrected chi connectivity index (χ4v) is 2.89. The minimum Gasteiger partial charge on any atom is -0.398 e. The first-order valence-corrected chi connectivity index (χ1v) is 7.13. The molecule has 0 aliphatic rings. The summed E-state index contributed by atoms with van der Waals surface area (Å²) in [6, 6.07) is 4.70. The van der Waals surface area contributed by atoms with Crippen molar-refractivity contribution >= 4 is 31.6 Å². The lowest BCUT2D eigenvalue weighted by Crippen LogP contribution is -2.30. The molecule has 0 atom stereocenters. The summed E-state index contributed by atoms with van der Waals surface area (Å²) in [6.45, 7) is 0.625. The van der Waals surface area contributed by atoms with Crippen molar-refractivity contribution in [3.63, 3.8) is 0 Å². The summed E-state index contributed by atoms with van der Waals surface area (Å²) < 4.78 is 31.1. The molecule has 0 saturated carbocycles. The van der Waals surface area contributed by atoms with E-state index in [1.165, 1.54) is 24.5 Å². The average molecular weight is 323 g/mol. The van der Waals surface area contributed by atoms with Crippen LogP contribution >= 0.6 is 15.9 Å². The van der Waals surface area contributed by atoms with Gasteiger partial charge in [0.05, 0.1) is 12.3 Å². The van der Waals surface area contributed by atoms with Crippen LogP contribution in [0.4, 0.5) is 5.69 Å². The van der Waals surface area contributed by atoms with Crippen molar-refractivity contribution in [3.8, 4) is 0 Å². The molecule has 0 unspecified atom stereocenters. The van der Waals surface area contributed by atoms with Gasteiger partial charge in [-0.2, -0.15) is 4.31 Å². The largest absolute Gasteiger partial charge is 0.398 e. The third kappa shape index (κ3) is 3.41. The standard InChI is InChI=1S/C10H15BrN2O3S/c1-13(5-6-16-2)17(14,15)10-4-3-8(11)7-9(10)12/h3-4,7H,5-6,12H2,1-2H3. The summed E-state index contributed by atoms with van der Waals surface area (Å²) in [7, 11) is -0.533. The number of rotatable bonds is 5. The molecule has 0 bridgehead atoms. The number of likely N-dealkylation sites (N-methyl/N-ethyl adjacent to an activating group) is 1. The molecule has 0 spiro atoms. The minimum absolute atomic E-state index is 0.110. The lowest BCUT2D eigenvalue weighted by Gasteiger charge is -2.17. The molecule has 0 amide bonds. The highest BCUT2D eigenvalue weighted by molar-refractivity contribution is 9.10. The van der Waals surface area contributed by atoms with Crippen LogP contribution < -0.4 is 5.73 Å². The van der Waals surface area contributed by atoms with Crippen LogP contribution in [-0.4, -0.2) is 40.0 Å². The Kier molecular flexibility index (Phi) is 4.93. The Labute approximate surface area is 110 Å². The Morgan fingerprint density at radius 2 is 2.12 bits per heavy atom. The number of hydrogen-bond donors (Lipinski definition) is 1. The molecule has 5 nitrogen and oxygen atoms in total. The average Bonchev–Trinajstić information content (AvgIpc) is 2.25. The van der Waals surface area contributed by atoms with Crippen LogP contribution in [0, 0.1) is 0 Å². The number of hydrogen-bond acceptors (Lipinski definition) is 4. The van der Waals surface area contributed by atoms with Gasteiger partial charge in [-0.1, -0.05) is 15.9 Å². The predicted molar refractivity (Wildman–Crippen MR) is 70.2 cm³/mol. The van der Waals surface area contributed by atoms with Gasteiger partial charge in [0.2, 0.25) is 10.0 Å². The highest BCUT2D eigenvalue weighted by atomic mass is 79.9. The van der Waals surface area contributed by atoms with Gasteiger partial charge in [-0.15, -0.1) is 0 Å². The van der Waals surface area contributed by atoms with Crippen molar-refractivity contribution in [1.29, 1.82) is 0 Å². The van der Waals surface area contributed by atoms with E-state index in [0.29, 0.717) is 6.61 Å². The maximum atomic E-state index is 12.1. The zero-order valence-electron chi connectivity index (χ0n) is 9.68. The van der Waals surface area contributed by atoms with Gasteiger partial charge in [0, 0.05) is 25.2 Å². The van der Waals surface area contributed by atoms with Gasteiger partial charge >= 0.3 is 0 Å². The number of anilines is 1. The van der Waals surface area contributed by atoms with Crippen LogP contribution in [0.25, 0.3) is 0 Å². The molecule has 0 radical (unpaired) electrons. The summed E-state index contributed by atoms with van der Waals surface area (Å²) in [5.41, 5.74) is 5.93. The molecule has 1 aromatic rings. The molecule has 0 fully saturated rings. The van der Waals surface area contributed by atoms with Crippen molar-refractivity contribution in [1.82, 2.24) is 4.31 Å². The van der Waals surface area contributed by atoms with Crippen LogP contribution in [-0.2, 0) is 14.8 Å². The van der Waals surface area contributed by atoms with Crippen LogP contribution in [0.1, 0.15) is 0 Å². The third-order valence-electron chi connectivity index (χ3n) is 2.27. The van der Waals surface area contributed by atoms with E-state index in [9.17, 15) is 8.42 Å². The fourth-order valence-electron chi connectivity index (χ4n) is 1.26. The molecule has 0 aliphatic carbocycles. The van der Waals surface area contributed by atoms with Gasteiger partial charge in [0.25, 0.3) is 0 Å². The Morgan fingerprint density at radius 1 is 1.47 bits per heavy atom. The summed E-state index contributed by atoms with van der Waals surface area (Å²) >= 11 is 3.23. The fraction of sp³-hybridized carbons (Fsp3) is 0.400. The molecular formula is C10H15BrN2O3S. The first kappa shape index (κ1) is 14.4. The molecule has 0 saturated heterocycles. The maximum Gasteiger partial charge on any atom is 0.244 e. The smallest absolute Gasteiger partial charge is 0.244 e. The zero-order chi connectivity index (χ0) is 13.1. The minimum atomic E-state index is -3.55. The lowest BCUT2D eigenvalue weighted by molar-refractivity contribution is 0.185. The number of ether oxygens (including phenoxy) is 1. The van der Waals surface area contributed by atoms with Crippen molar-refractivity contribution in [2.45, 2.75) is 4.90 Å². The second-order valence-corrected chi connectivity index (χ2v) is 6.43. The topological polar surface area (TPSA) is 72.6 Å². The predicted octanol–water partition coefficient (Wildman–Crippen LogP) is 1.30. The zero-order valence-corrected chi connectivity index (χ0v) is 12.1. The van der Waals surface area contributed by atoms with Gasteiger partial charge in [-0.05, 0) is 18.2 Å². The quantitative estimate of drug-likeness (QED) is 0.829. The first-order chi connectivity index (χ1) is 7.89. The van der Waals surface area contributed by atoms with E-state index in [1.54, 1.807) is 12.1 Å². The van der Waals surface area contributed by atoms with E-state index in [4.69, 9.17) is 10.5 Å². The number of halogens is 1. The maximum absolute atomic E-state index is 12.1. The Bertz CT molecular complexity index is 490. The van der Waals surface area contributed by atoms with E-state index < -0.39 is 10.0 Å². The first-order valence-electron chi connectivity index (χ1n) is 4.90. The van der Waals surface area contributed by atoms with E-state index in [1.807, 2.05) is 0 Å². The van der Waals surface area contributed by atoms with Crippen molar-refractivity contribution < 1.29 is 13.2 Å². The summed E-state index contributed by atoms with van der Waals surface area (Å²) in [5, 5.41) is 0. The summed E-state index contributed by atoms with van der Waals surface area (Å²) in [6.07, 6.45) is 0. The Hall–Kier alpha value is -0.630. The van der Waals surface area contributed by atoms with Gasteiger partial charge in [-0.3, -0.25) is 0 Å². The van der Waals surface area contributed by atoms with Crippen molar-refractivity contribution in [2.24, 2.45) is 0 Å². The van der Waals surface area contributed by atoms with Crippen LogP contribution in [0.2, 0.25) is 0 Å². The molecule has 0 heterocycles. The van der Waals surface area contributed by atoms with Crippen LogP contribution in [0.3, 0.4) is 0 Å². The molecule has 17 heavy (non-hydrogen) atoms. The third-order valence-corrected chi connectivity index (χ3v) is 4.69. The number of sulfonamides is 1. The Balaban J connectivity index is 3.04. The molecule has 0 aliphatic heterocycles. The van der Waals surface area contributed by atoms with Crippen molar-refractivity contribution in [3.05, 3.63) is 22.7 Å². The van der Waals surface area contributed by atoms with Gasteiger partial charge in [0.15, 0.2) is 0 Å². The SMILES string of the molecule is COCCN(C)S(=O)(=O)c1ccc(Br)cc1N. The lowest BCUT2D eigenvalue weighted by atomic mass is 10.3. The van der Waals surface area contributed by atoms with Crippen LogP contribution in [0.5, 0.6) is 0 Å². The molecule has 7 heteroatoms. The van der Waals surface area contributed by atoms with E-state index in [2.05, 4.69) is 15.9 Å². The highest BCUT2D eigenvalue weighted by Gasteiger charge is 2.22. The Morgan fingerprint density at radius 3 is 2.65 bits per heavy atom. The molecule has 1 rings (SSSR count). The number of methoxy groups -OCH3 is 1. The molecule has 96 valence electrons. The van der Waals surface area contributed by atoms with E-state index in [-0.39, 0.29) is 17.1 Å². The molecule has 0 aromatic heterocycles. The van der Waals surface area contributed by atoms with E-state index in [0.717, 1.165) is 4.47 Å². The van der Waals surface area contributed by atoms with Crippen LogP contribution in [0.15, 0.2) is 27.6 Å². The van der Waals surface area contributed by atoms with Gasteiger partial charge < -0.3 is 10.5 Å². The number of nitrogens with two attached hydrogens (primary N) is 1. The molecule has 1 aromatic carbocycles. The second-order valence-electron chi connectivity index (χ2n) is 3.50. The normalized spacial score (nSPS) is 12.0. The van der Waals surface area contributed by atoms with Crippen molar-refractivity contribution in [2.75, 3.05) is 33.0 Å². The summed E-state index contributed by atoms with van der Waals surface area (Å²) in [4.78, 5) is 0.110. The van der Waals surface area contributed by atoms with Gasteiger partial charge in [0.1, 0.15) is 4.90 Å². The van der Waals surface area contributed by atoms with Gasteiger partial charge in [-0.25, -0.2) is 8.42 Å². The number of benzene rings is 1. The van der Waals surface area contributed by atoms with E-state index >= 15 is 0 Å². The number of nitrogen functional groups attached to an aromatic ring is 1. The molecular weight excluding hydrogens is 308 g/mol. The highest BCUT2D eigenvalue weighted by Crippen LogP contribution is 2.24. The number of nitrogens with zero attached hydrogens (tertiary/aromatic N) is 1. The summed E-state index contributed by atoms with van der Waals surface area (Å²) in [5.74, 6) is 0. The monoisotopic (exact) mass is 322 g/mol.